The van der Waals surface area contributed by atoms with Gasteiger partial charge in [0.15, 0.2) is 0 Å². The van der Waals surface area contributed by atoms with Crippen LogP contribution in [0.4, 0.5) is 0 Å². The number of aliphatic carboxylic acids is 1. The predicted octanol–water partition coefficient (Wildman–Crippen LogP) is 3.30. The van der Waals surface area contributed by atoms with E-state index >= 15 is 0 Å². The van der Waals surface area contributed by atoms with Crippen molar-refractivity contribution in [2.75, 3.05) is 0 Å². The fourth-order valence-electron chi connectivity index (χ4n) is 2.01. The van der Waals surface area contributed by atoms with Gasteiger partial charge in [0.2, 0.25) is 0 Å². The van der Waals surface area contributed by atoms with Gasteiger partial charge >= 0.3 is 5.97 Å². The van der Waals surface area contributed by atoms with E-state index in [0.717, 1.165) is 11.1 Å². The quantitative estimate of drug-likeness (QED) is 0.872. The summed E-state index contributed by atoms with van der Waals surface area (Å²) in [6.45, 7) is 1.94. The molecule has 0 fully saturated rings. The summed E-state index contributed by atoms with van der Waals surface area (Å²) >= 11 is 0. The topological polar surface area (TPSA) is 57.5 Å². The molecule has 0 bridgehead atoms. The van der Waals surface area contributed by atoms with Crippen LogP contribution in [0.15, 0.2) is 48.1 Å². The third-order valence-corrected chi connectivity index (χ3v) is 3.16. The van der Waals surface area contributed by atoms with Crippen molar-refractivity contribution in [3.05, 3.63) is 59.2 Å². The lowest BCUT2D eigenvalue weighted by molar-refractivity contribution is -0.132. The molecule has 0 aromatic heterocycles. The molecule has 0 saturated carbocycles. The minimum atomic E-state index is -0.881. The highest BCUT2D eigenvalue weighted by Crippen LogP contribution is 2.21. The Morgan fingerprint density at radius 1 is 1.42 bits per heavy atom. The maximum atomic E-state index is 10.8. The molecule has 19 heavy (non-hydrogen) atoms. The number of benzene rings is 1. The third kappa shape index (κ3) is 3.35. The molecule has 0 radical (unpaired) electrons. The van der Waals surface area contributed by atoms with Gasteiger partial charge in [0.1, 0.15) is 5.75 Å². The van der Waals surface area contributed by atoms with Crippen LogP contribution in [0.25, 0.3) is 6.08 Å². The SMILES string of the molecule is Cc1cc(O)ccc1/C=C/C1C=CC(C(=O)O)=CC1. The first-order valence-electron chi connectivity index (χ1n) is 6.16. The van der Waals surface area contributed by atoms with Crippen LogP contribution in [0.2, 0.25) is 0 Å². The van der Waals surface area contributed by atoms with Gasteiger partial charge in [0.05, 0.1) is 5.57 Å². The molecule has 98 valence electrons. The molecule has 3 nitrogen and oxygen atoms in total. The summed E-state index contributed by atoms with van der Waals surface area (Å²) in [5, 5.41) is 18.2. The molecule has 0 amide bonds. The van der Waals surface area contributed by atoms with Gasteiger partial charge < -0.3 is 10.2 Å². The maximum absolute atomic E-state index is 10.8. The number of phenols is 1. The first-order chi connectivity index (χ1) is 9.06. The van der Waals surface area contributed by atoms with E-state index < -0.39 is 5.97 Å². The van der Waals surface area contributed by atoms with Crippen molar-refractivity contribution >= 4 is 12.0 Å². The van der Waals surface area contributed by atoms with E-state index in [2.05, 4.69) is 0 Å². The zero-order valence-corrected chi connectivity index (χ0v) is 10.7. The third-order valence-electron chi connectivity index (χ3n) is 3.16. The number of phenolic OH excluding ortho intramolecular Hbond substituents is 1. The van der Waals surface area contributed by atoms with Gasteiger partial charge in [-0.15, -0.1) is 0 Å². The molecule has 0 aliphatic heterocycles. The molecule has 0 spiro atoms. The first kappa shape index (κ1) is 13.1. The molecule has 1 aromatic rings. The zero-order chi connectivity index (χ0) is 13.8. The van der Waals surface area contributed by atoms with Crippen molar-refractivity contribution < 1.29 is 15.0 Å². The van der Waals surface area contributed by atoms with E-state index in [-0.39, 0.29) is 11.7 Å². The number of hydrogen-bond acceptors (Lipinski definition) is 2. The smallest absolute Gasteiger partial charge is 0.335 e. The highest BCUT2D eigenvalue weighted by molar-refractivity contribution is 5.90. The average molecular weight is 256 g/mol. The van der Waals surface area contributed by atoms with Crippen LogP contribution < -0.4 is 0 Å². The highest BCUT2D eigenvalue weighted by atomic mass is 16.4. The van der Waals surface area contributed by atoms with Crippen molar-refractivity contribution in [2.45, 2.75) is 13.3 Å². The summed E-state index contributed by atoms with van der Waals surface area (Å²) in [7, 11) is 0. The summed E-state index contributed by atoms with van der Waals surface area (Å²) in [6.07, 6.45) is 10.0. The summed E-state index contributed by atoms with van der Waals surface area (Å²) in [5.41, 5.74) is 2.42. The number of allylic oxidation sites excluding steroid dienone is 3. The van der Waals surface area contributed by atoms with Crippen LogP contribution >= 0.6 is 0 Å². The Morgan fingerprint density at radius 3 is 2.79 bits per heavy atom. The Morgan fingerprint density at radius 2 is 2.21 bits per heavy atom. The highest BCUT2D eigenvalue weighted by Gasteiger charge is 2.10. The molecule has 1 aliphatic carbocycles. The molecule has 0 heterocycles. The number of rotatable bonds is 3. The number of carbonyl (C=O) groups is 1. The second-order valence-electron chi connectivity index (χ2n) is 4.62. The van der Waals surface area contributed by atoms with Crippen molar-refractivity contribution in [1.29, 1.82) is 0 Å². The molecule has 1 aliphatic rings. The van der Waals surface area contributed by atoms with Gasteiger partial charge in [0, 0.05) is 0 Å². The van der Waals surface area contributed by atoms with Crippen molar-refractivity contribution in [1.82, 2.24) is 0 Å². The number of hydrogen-bond donors (Lipinski definition) is 2. The Labute approximate surface area is 112 Å². The number of aryl methyl sites for hydroxylation is 1. The fraction of sp³-hybridized carbons (Fsp3) is 0.188. The van der Waals surface area contributed by atoms with E-state index in [0.29, 0.717) is 12.0 Å². The lowest BCUT2D eigenvalue weighted by Crippen LogP contribution is -2.03. The number of carboxylic acids is 1. The molecular weight excluding hydrogens is 240 g/mol. The Balaban J connectivity index is 2.05. The fourth-order valence-corrected chi connectivity index (χ4v) is 2.01. The Hall–Kier alpha value is -2.29. The number of carboxylic acid groups (broad SMARTS) is 1. The Kier molecular flexibility index (Phi) is 3.85. The van der Waals surface area contributed by atoms with Gasteiger partial charge in [-0.3, -0.25) is 0 Å². The van der Waals surface area contributed by atoms with Crippen LogP contribution in [-0.2, 0) is 4.79 Å². The van der Waals surface area contributed by atoms with E-state index in [9.17, 15) is 9.90 Å². The lowest BCUT2D eigenvalue weighted by atomic mass is 9.95. The molecule has 1 unspecified atom stereocenters. The van der Waals surface area contributed by atoms with E-state index in [1.165, 1.54) is 0 Å². The normalized spacial score (nSPS) is 18.6. The number of aromatic hydroxyl groups is 1. The van der Waals surface area contributed by atoms with E-state index in [1.807, 2.05) is 31.2 Å². The first-order valence-corrected chi connectivity index (χ1v) is 6.16. The van der Waals surface area contributed by atoms with E-state index in [1.54, 1.807) is 24.3 Å². The summed E-state index contributed by atoms with van der Waals surface area (Å²) in [5.74, 6) is -0.398. The van der Waals surface area contributed by atoms with Gasteiger partial charge in [-0.2, -0.15) is 0 Å². The average Bonchev–Trinajstić information content (AvgIpc) is 2.38. The van der Waals surface area contributed by atoms with Crippen LogP contribution in [0.3, 0.4) is 0 Å². The minimum Gasteiger partial charge on any atom is -0.508 e. The van der Waals surface area contributed by atoms with Gasteiger partial charge in [0.25, 0.3) is 0 Å². The van der Waals surface area contributed by atoms with Gasteiger partial charge in [-0.05, 0) is 42.5 Å². The maximum Gasteiger partial charge on any atom is 0.335 e. The van der Waals surface area contributed by atoms with Crippen LogP contribution in [0.1, 0.15) is 17.5 Å². The van der Waals surface area contributed by atoms with Crippen molar-refractivity contribution in [3.8, 4) is 5.75 Å². The molecule has 2 rings (SSSR count). The van der Waals surface area contributed by atoms with Crippen LogP contribution in [-0.4, -0.2) is 16.2 Å². The predicted molar refractivity (Wildman–Crippen MR) is 74.8 cm³/mol. The van der Waals surface area contributed by atoms with Crippen LogP contribution in [0.5, 0.6) is 5.75 Å². The van der Waals surface area contributed by atoms with Crippen molar-refractivity contribution in [2.24, 2.45) is 5.92 Å². The molecule has 1 atom stereocenters. The summed E-state index contributed by atoms with van der Waals surface area (Å²) in [4.78, 5) is 10.8. The van der Waals surface area contributed by atoms with E-state index in [4.69, 9.17) is 5.11 Å². The van der Waals surface area contributed by atoms with Gasteiger partial charge in [-0.1, -0.05) is 36.4 Å². The monoisotopic (exact) mass is 256 g/mol. The molecule has 1 aromatic carbocycles. The second-order valence-corrected chi connectivity index (χ2v) is 4.62. The van der Waals surface area contributed by atoms with Crippen molar-refractivity contribution in [3.63, 3.8) is 0 Å². The molecule has 0 saturated heterocycles. The van der Waals surface area contributed by atoms with Gasteiger partial charge in [-0.25, -0.2) is 4.79 Å². The zero-order valence-electron chi connectivity index (χ0n) is 10.7. The molecule has 2 N–H and O–H groups in total. The molecular formula is C16H16O3. The lowest BCUT2D eigenvalue weighted by Gasteiger charge is -2.10. The summed E-state index contributed by atoms with van der Waals surface area (Å²) in [6, 6.07) is 5.25. The summed E-state index contributed by atoms with van der Waals surface area (Å²) < 4.78 is 0. The minimum absolute atomic E-state index is 0.219. The standard InChI is InChI=1S/C16H16O3/c1-11-10-15(17)9-8-13(11)5-2-12-3-6-14(7-4-12)16(18)19/h2-3,5-10,12,17H,4H2,1H3,(H,18,19)/b5-2+. The second kappa shape index (κ2) is 5.57. The largest absolute Gasteiger partial charge is 0.508 e. The molecule has 3 heteroatoms. The van der Waals surface area contributed by atoms with Crippen LogP contribution in [0, 0.1) is 12.8 Å². The Bertz CT molecular complexity index is 580.